The number of halogens is 1. The third-order valence-corrected chi connectivity index (χ3v) is 4.66. The molecule has 3 rings (SSSR count). The van der Waals surface area contributed by atoms with E-state index in [-0.39, 0.29) is 0 Å². The first-order valence-corrected chi connectivity index (χ1v) is 9.13. The molecule has 1 heterocycles. The average Bonchev–Trinajstić information content (AvgIpc) is 2.88. The number of aromatic nitrogens is 2. The fourth-order valence-electron chi connectivity index (χ4n) is 2.72. The van der Waals surface area contributed by atoms with Crippen LogP contribution in [0.1, 0.15) is 22.5 Å². The summed E-state index contributed by atoms with van der Waals surface area (Å²) in [5.74, 6) is 0. The summed E-state index contributed by atoms with van der Waals surface area (Å²) in [6.07, 6.45) is 0. The molecule has 0 radical (unpaired) electrons. The maximum atomic E-state index is 6.16. The van der Waals surface area contributed by atoms with Crippen LogP contribution < -0.4 is 10.6 Å². The van der Waals surface area contributed by atoms with Crippen LogP contribution in [0.5, 0.6) is 0 Å². The van der Waals surface area contributed by atoms with Gasteiger partial charge in [-0.2, -0.15) is 5.10 Å². The van der Waals surface area contributed by atoms with E-state index in [9.17, 15) is 0 Å². The minimum Gasteiger partial charge on any atom is -0.332 e. The van der Waals surface area contributed by atoms with E-state index >= 15 is 0 Å². The van der Waals surface area contributed by atoms with Crippen molar-refractivity contribution in [3.05, 3.63) is 76.1 Å². The molecule has 0 amide bonds. The lowest BCUT2D eigenvalue weighted by molar-refractivity contribution is 0.659. The smallest absolute Gasteiger partial charge is 0.175 e. The van der Waals surface area contributed by atoms with Gasteiger partial charge in [-0.3, -0.25) is 4.68 Å². The summed E-state index contributed by atoms with van der Waals surface area (Å²) in [6, 6.07) is 16.0. The number of benzene rings is 2. The van der Waals surface area contributed by atoms with Gasteiger partial charge >= 0.3 is 0 Å². The van der Waals surface area contributed by atoms with E-state index in [1.165, 1.54) is 0 Å². The normalized spacial score (nSPS) is 10.6. The molecule has 0 bridgehead atoms. The Balaban J connectivity index is 1.67. The van der Waals surface area contributed by atoms with E-state index < -0.39 is 0 Å². The fraction of sp³-hybridized carbons (Fsp3) is 0.200. The van der Waals surface area contributed by atoms with Crippen molar-refractivity contribution in [3.8, 4) is 0 Å². The number of thiocarbonyl (C=S) groups is 1. The molecule has 1 aromatic heterocycles. The highest BCUT2D eigenvalue weighted by Gasteiger charge is 2.05. The zero-order chi connectivity index (χ0) is 18.7. The maximum absolute atomic E-state index is 6.16. The van der Waals surface area contributed by atoms with Crippen LogP contribution >= 0.6 is 23.8 Å². The van der Waals surface area contributed by atoms with Crippen LogP contribution in [0.3, 0.4) is 0 Å². The molecule has 6 heteroatoms. The average molecular weight is 385 g/mol. The Morgan fingerprint density at radius 1 is 1.04 bits per heavy atom. The minimum atomic E-state index is 0.521. The minimum absolute atomic E-state index is 0.521. The molecule has 0 unspecified atom stereocenters. The lowest BCUT2D eigenvalue weighted by atomic mass is 10.2. The van der Waals surface area contributed by atoms with E-state index in [1.54, 1.807) is 0 Å². The summed E-state index contributed by atoms with van der Waals surface area (Å²) in [7, 11) is 0. The summed E-state index contributed by atoms with van der Waals surface area (Å²) in [6.45, 7) is 6.76. The SMILES string of the molecule is Cc1cc(C)n(Cc2cccc(NC(=S)Nc3ccc(C)c(Cl)c3)c2)n1. The summed E-state index contributed by atoms with van der Waals surface area (Å²) >= 11 is 11.6. The van der Waals surface area contributed by atoms with Crippen molar-refractivity contribution in [3.63, 3.8) is 0 Å². The second kappa shape index (κ2) is 7.89. The molecule has 0 atom stereocenters. The van der Waals surface area contributed by atoms with Crippen molar-refractivity contribution in [1.82, 2.24) is 9.78 Å². The summed E-state index contributed by atoms with van der Waals surface area (Å²) < 4.78 is 2.00. The lowest BCUT2D eigenvalue weighted by Crippen LogP contribution is -2.19. The molecule has 26 heavy (non-hydrogen) atoms. The highest BCUT2D eigenvalue weighted by Crippen LogP contribution is 2.20. The van der Waals surface area contributed by atoms with Crippen LogP contribution in [0.25, 0.3) is 0 Å². The summed E-state index contributed by atoms with van der Waals surface area (Å²) in [5, 5.41) is 12.1. The van der Waals surface area contributed by atoms with Crippen LogP contribution in [0.15, 0.2) is 48.5 Å². The van der Waals surface area contributed by atoms with Crippen molar-refractivity contribution in [1.29, 1.82) is 0 Å². The number of nitrogens with zero attached hydrogens (tertiary/aromatic N) is 2. The second-order valence-corrected chi connectivity index (χ2v) is 7.14. The third-order valence-electron chi connectivity index (χ3n) is 4.05. The zero-order valence-electron chi connectivity index (χ0n) is 15.0. The number of aryl methyl sites for hydroxylation is 3. The molecule has 0 aliphatic carbocycles. The Hall–Kier alpha value is -2.37. The molecule has 0 saturated heterocycles. The van der Waals surface area contributed by atoms with E-state index in [0.717, 1.165) is 40.4 Å². The van der Waals surface area contributed by atoms with Gasteiger partial charge in [0, 0.05) is 22.1 Å². The molecule has 2 aromatic carbocycles. The Labute approximate surface area is 164 Å². The highest BCUT2D eigenvalue weighted by atomic mass is 35.5. The monoisotopic (exact) mass is 384 g/mol. The van der Waals surface area contributed by atoms with Gasteiger partial charge in [0.25, 0.3) is 0 Å². The number of rotatable bonds is 4. The van der Waals surface area contributed by atoms with Crippen LogP contribution in [0.2, 0.25) is 5.02 Å². The number of anilines is 2. The van der Waals surface area contributed by atoms with E-state index in [1.807, 2.05) is 48.9 Å². The van der Waals surface area contributed by atoms with Gasteiger partial charge in [-0.1, -0.05) is 29.8 Å². The Kier molecular flexibility index (Phi) is 5.59. The number of nitrogens with one attached hydrogen (secondary N) is 2. The summed E-state index contributed by atoms with van der Waals surface area (Å²) in [4.78, 5) is 0. The van der Waals surface area contributed by atoms with Gasteiger partial charge in [-0.05, 0) is 74.4 Å². The molecule has 0 aliphatic rings. The summed E-state index contributed by atoms with van der Waals surface area (Å²) in [5.41, 5.74) is 6.15. The fourth-order valence-corrected chi connectivity index (χ4v) is 3.14. The van der Waals surface area contributed by atoms with Gasteiger partial charge < -0.3 is 10.6 Å². The van der Waals surface area contributed by atoms with Gasteiger partial charge in [-0.15, -0.1) is 0 Å². The first-order valence-electron chi connectivity index (χ1n) is 8.35. The quantitative estimate of drug-likeness (QED) is 0.597. The van der Waals surface area contributed by atoms with Crippen molar-refractivity contribution >= 4 is 40.3 Å². The maximum Gasteiger partial charge on any atom is 0.175 e. The second-order valence-electron chi connectivity index (χ2n) is 6.33. The van der Waals surface area contributed by atoms with Crippen LogP contribution in [-0.2, 0) is 6.54 Å². The van der Waals surface area contributed by atoms with Crippen LogP contribution in [0.4, 0.5) is 11.4 Å². The molecule has 0 spiro atoms. The third kappa shape index (κ3) is 4.62. The Morgan fingerprint density at radius 3 is 2.42 bits per heavy atom. The van der Waals surface area contributed by atoms with Gasteiger partial charge in [0.1, 0.15) is 0 Å². The molecular weight excluding hydrogens is 364 g/mol. The standard InChI is InChI=1S/C20H21ClN4S/c1-13-7-8-18(11-19(13)21)23-20(26)22-17-6-4-5-16(10-17)12-25-15(3)9-14(2)24-25/h4-11H,12H2,1-3H3,(H2,22,23,26). The van der Waals surface area contributed by atoms with Crippen molar-refractivity contribution in [2.75, 3.05) is 10.6 Å². The van der Waals surface area contributed by atoms with Gasteiger partial charge in [0.15, 0.2) is 5.11 Å². The first-order chi connectivity index (χ1) is 12.4. The molecule has 3 aromatic rings. The predicted molar refractivity (Wildman–Crippen MR) is 113 cm³/mol. The highest BCUT2D eigenvalue weighted by molar-refractivity contribution is 7.80. The van der Waals surface area contributed by atoms with Gasteiger partial charge in [-0.25, -0.2) is 0 Å². The largest absolute Gasteiger partial charge is 0.332 e. The number of hydrogen-bond donors (Lipinski definition) is 2. The van der Waals surface area contributed by atoms with Gasteiger partial charge in [0.2, 0.25) is 0 Å². The molecule has 0 fully saturated rings. The van der Waals surface area contributed by atoms with Gasteiger partial charge in [0.05, 0.1) is 12.2 Å². The molecule has 2 N–H and O–H groups in total. The molecule has 0 aliphatic heterocycles. The Bertz CT molecular complexity index is 949. The lowest BCUT2D eigenvalue weighted by Gasteiger charge is -2.13. The van der Waals surface area contributed by atoms with E-state index in [0.29, 0.717) is 10.1 Å². The predicted octanol–water partition coefficient (Wildman–Crippen LogP) is 5.32. The van der Waals surface area contributed by atoms with Crippen molar-refractivity contribution in [2.45, 2.75) is 27.3 Å². The van der Waals surface area contributed by atoms with Crippen molar-refractivity contribution < 1.29 is 0 Å². The topological polar surface area (TPSA) is 41.9 Å². The van der Waals surface area contributed by atoms with Crippen LogP contribution in [-0.4, -0.2) is 14.9 Å². The molecule has 134 valence electrons. The Morgan fingerprint density at radius 2 is 1.77 bits per heavy atom. The molecule has 0 saturated carbocycles. The molecular formula is C20H21ClN4S. The van der Waals surface area contributed by atoms with E-state index in [2.05, 4.69) is 40.9 Å². The zero-order valence-corrected chi connectivity index (χ0v) is 16.6. The van der Waals surface area contributed by atoms with E-state index in [4.69, 9.17) is 23.8 Å². The van der Waals surface area contributed by atoms with Crippen LogP contribution in [0, 0.1) is 20.8 Å². The first kappa shape index (κ1) is 18.4. The number of hydrogen-bond acceptors (Lipinski definition) is 2. The molecule has 4 nitrogen and oxygen atoms in total. The van der Waals surface area contributed by atoms with Crippen molar-refractivity contribution in [2.24, 2.45) is 0 Å².